The van der Waals surface area contributed by atoms with E-state index in [0.29, 0.717) is 0 Å². The van der Waals surface area contributed by atoms with E-state index in [1.807, 2.05) is 0 Å². The number of carbonyl (C=O) groups excluding carboxylic acids is 5. The summed E-state index contributed by atoms with van der Waals surface area (Å²) in [6.07, 6.45) is -4.11. The Morgan fingerprint density at radius 3 is 2.20 bits per heavy atom. The van der Waals surface area contributed by atoms with Gasteiger partial charge in [-0.25, -0.2) is 4.79 Å². The molecule has 0 aliphatic carbocycles. The summed E-state index contributed by atoms with van der Waals surface area (Å²) in [5, 5.41) is 13.2. The summed E-state index contributed by atoms with van der Waals surface area (Å²) in [5.74, 6) is -6.16. The van der Waals surface area contributed by atoms with Crippen molar-refractivity contribution in [2.75, 3.05) is 13.7 Å². The molecule has 170 valence electrons. The third-order valence-corrected chi connectivity index (χ3v) is 4.12. The van der Waals surface area contributed by atoms with Gasteiger partial charge in [0, 0.05) is 34.1 Å². The molecule has 12 nitrogen and oxygen atoms in total. The standard InChI is InChI=1S/C18H27NO11/c1-9(20)19-16-14(6-13(28-11(3)22)8-27-10(2)21)30-18(25,17(24)26-5)7-15(16)29-12(4)23/h13-16,25H,6-8H2,1-5H3,(H,19,20)/t13-,14+,15?,16-,18+/m0/s1. The van der Waals surface area contributed by atoms with Gasteiger partial charge in [-0.15, -0.1) is 0 Å². The van der Waals surface area contributed by atoms with Gasteiger partial charge in [0.15, 0.2) is 0 Å². The first-order valence-electron chi connectivity index (χ1n) is 9.11. The molecule has 12 heteroatoms. The molecule has 0 bridgehead atoms. The fourth-order valence-corrected chi connectivity index (χ4v) is 3.10. The van der Waals surface area contributed by atoms with Gasteiger partial charge in [0.2, 0.25) is 5.91 Å². The molecule has 0 aromatic rings. The third kappa shape index (κ3) is 7.59. The topological polar surface area (TPSA) is 164 Å². The second-order valence-corrected chi connectivity index (χ2v) is 6.78. The molecule has 0 spiro atoms. The monoisotopic (exact) mass is 433 g/mol. The molecular formula is C18H27NO11. The van der Waals surface area contributed by atoms with E-state index in [1.165, 1.54) is 6.92 Å². The Hall–Kier alpha value is -2.73. The summed E-state index contributed by atoms with van der Waals surface area (Å²) >= 11 is 0. The van der Waals surface area contributed by atoms with Crippen molar-refractivity contribution < 1.29 is 52.8 Å². The number of hydrogen-bond donors (Lipinski definition) is 2. The minimum absolute atomic E-state index is 0.213. The number of hydrogen-bond acceptors (Lipinski definition) is 11. The van der Waals surface area contributed by atoms with Crippen LogP contribution in [0.3, 0.4) is 0 Å². The van der Waals surface area contributed by atoms with Crippen molar-refractivity contribution >= 4 is 29.8 Å². The first kappa shape index (κ1) is 25.3. The predicted molar refractivity (Wildman–Crippen MR) is 96.4 cm³/mol. The molecule has 1 unspecified atom stereocenters. The predicted octanol–water partition coefficient (Wildman–Crippen LogP) is -1.04. The highest BCUT2D eigenvalue weighted by atomic mass is 16.7. The average molecular weight is 433 g/mol. The van der Waals surface area contributed by atoms with E-state index in [1.54, 1.807) is 0 Å². The molecular weight excluding hydrogens is 406 g/mol. The van der Waals surface area contributed by atoms with Crippen LogP contribution in [0.1, 0.15) is 40.5 Å². The number of ether oxygens (including phenoxy) is 5. The second-order valence-electron chi connectivity index (χ2n) is 6.78. The average Bonchev–Trinajstić information content (AvgIpc) is 2.60. The van der Waals surface area contributed by atoms with Crippen molar-refractivity contribution in [2.24, 2.45) is 0 Å². The maximum Gasteiger partial charge on any atom is 0.366 e. The van der Waals surface area contributed by atoms with Gasteiger partial charge in [-0.3, -0.25) is 19.2 Å². The highest BCUT2D eigenvalue weighted by molar-refractivity contribution is 5.78. The summed E-state index contributed by atoms with van der Waals surface area (Å²) in [4.78, 5) is 57.9. The van der Waals surface area contributed by atoms with Gasteiger partial charge in [-0.1, -0.05) is 0 Å². The van der Waals surface area contributed by atoms with Gasteiger partial charge in [0.25, 0.3) is 5.79 Å². The number of carbonyl (C=O) groups is 5. The van der Waals surface area contributed by atoms with Gasteiger partial charge in [0.05, 0.1) is 25.7 Å². The van der Waals surface area contributed by atoms with Crippen LogP contribution >= 0.6 is 0 Å². The Bertz CT molecular complexity index is 679. The second kappa shape index (κ2) is 10.9. The SMILES string of the molecule is COC(=O)[C@@]1(O)CC(OC(C)=O)[C@@H](NC(C)=O)[C@@H](C[C@@H](COC(C)=O)OC(C)=O)O1. The molecule has 30 heavy (non-hydrogen) atoms. The molecule has 0 radical (unpaired) electrons. The zero-order chi connectivity index (χ0) is 23.1. The minimum atomic E-state index is -2.49. The number of nitrogens with one attached hydrogen (secondary N) is 1. The van der Waals surface area contributed by atoms with Crippen LogP contribution in [0.25, 0.3) is 0 Å². The Morgan fingerprint density at radius 2 is 1.73 bits per heavy atom. The van der Waals surface area contributed by atoms with Crippen molar-refractivity contribution in [1.82, 2.24) is 5.32 Å². The maximum absolute atomic E-state index is 12.1. The summed E-state index contributed by atoms with van der Waals surface area (Å²) in [6, 6.07) is -1.01. The number of rotatable bonds is 8. The zero-order valence-electron chi connectivity index (χ0n) is 17.5. The first-order valence-corrected chi connectivity index (χ1v) is 9.11. The van der Waals surface area contributed by atoms with E-state index in [9.17, 15) is 29.1 Å². The van der Waals surface area contributed by atoms with E-state index < -0.39 is 66.3 Å². The quantitative estimate of drug-likeness (QED) is 0.355. The summed E-state index contributed by atoms with van der Waals surface area (Å²) in [5.41, 5.74) is 0. The normalized spacial score (nSPS) is 26.7. The molecule has 0 aromatic carbocycles. The fraction of sp³-hybridized carbons (Fsp3) is 0.722. The molecule has 1 aliphatic heterocycles. The molecule has 1 amide bonds. The van der Waals surface area contributed by atoms with Crippen LogP contribution in [-0.2, 0) is 47.7 Å². The Kier molecular flexibility index (Phi) is 9.18. The van der Waals surface area contributed by atoms with Crippen molar-refractivity contribution in [3.8, 4) is 0 Å². The molecule has 5 atom stereocenters. The van der Waals surface area contributed by atoms with Crippen LogP contribution in [0, 0.1) is 0 Å². The van der Waals surface area contributed by atoms with Gasteiger partial charge in [-0.2, -0.15) is 0 Å². The Morgan fingerprint density at radius 1 is 1.10 bits per heavy atom. The van der Waals surface area contributed by atoms with Gasteiger partial charge >= 0.3 is 23.9 Å². The number of methoxy groups -OCH3 is 1. The first-order chi connectivity index (χ1) is 13.9. The highest BCUT2D eigenvalue weighted by Gasteiger charge is 2.53. The molecule has 1 heterocycles. The van der Waals surface area contributed by atoms with Crippen LogP contribution < -0.4 is 5.32 Å². The van der Waals surface area contributed by atoms with Gasteiger partial charge in [-0.05, 0) is 0 Å². The van der Waals surface area contributed by atoms with E-state index in [-0.39, 0.29) is 13.0 Å². The van der Waals surface area contributed by atoms with E-state index in [2.05, 4.69) is 10.1 Å². The van der Waals surface area contributed by atoms with Crippen molar-refractivity contribution in [3.63, 3.8) is 0 Å². The van der Waals surface area contributed by atoms with E-state index in [0.717, 1.165) is 27.9 Å². The largest absolute Gasteiger partial charge is 0.465 e. The Balaban J connectivity index is 3.25. The van der Waals surface area contributed by atoms with Gasteiger partial charge in [0.1, 0.15) is 18.8 Å². The lowest BCUT2D eigenvalue weighted by molar-refractivity contribution is -0.283. The molecule has 0 saturated carbocycles. The van der Waals surface area contributed by atoms with Crippen LogP contribution in [0.4, 0.5) is 0 Å². The maximum atomic E-state index is 12.1. The molecule has 1 aliphatic rings. The molecule has 1 rings (SSSR count). The number of amides is 1. The highest BCUT2D eigenvalue weighted by Crippen LogP contribution is 2.33. The van der Waals surface area contributed by atoms with Crippen LogP contribution in [0.5, 0.6) is 0 Å². The summed E-state index contributed by atoms with van der Waals surface area (Å²) in [7, 11) is 1.03. The lowest BCUT2D eigenvalue weighted by Crippen LogP contribution is -2.64. The lowest BCUT2D eigenvalue weighted by atomic mass is 9.90. The van der Waals surface area contributed by atoms with Crippen LogP contribution in [0.2, 0.25) is 0 Å². The number of aliphatic hydroxyl groups is 1. The fourth-order valence-electron chi connectivity index (χ4n) is 3.10. The molecule has 1 fully saturated rings. The molecule has 0 aromatic heterocycles. The van der Waals surface area contributed by atoms with E-state index in [4.69, 9.17) is 18.9 Å². The van der Waals surface area contributed by atoms with Crippen molar-refractivity contribution in [1.29, 1.82) is 0 Å². The third-order valence-electron chi connectivity index (χ3n) is 4.12. The molecule has 1 saturated heterocycles. The van der Waals surface area contributed by atoms with Crippen molar-refractivity contribution in [3.05, 3.63) is 0 Å². The van der Waals surface area contributed by atoms with Crippen molar-refractivity contribution in [2.45, 2.75) is 70.7 Å². The zero-order valence-corrected chi connectivity index (χ0v) is 17.5. The smallest absolute Gasteiger partial charge is 0.366 e. The Labute approximate surface area is 173 Å². The molecule has 2 N–H and O–H groups in total. The summed E-state index contributed by atoms with van der Waals surface area (Å²) in [6.45, 7) is 4.30. The number of esters is 4. The summed E-state index contributed by atoms with van der Waals surface area (Å²) < 4.78 is 25.3. The van der Waals surface area contributed by atoms with Crippen LogP contribution in [-0.4, -0.2) is 78.7 Å². The lowest BCUT2D eigenvalue weighted by Gasteiger charge is -2.44. The minimum Gasteiger partial charge on any atom is -0.465 e. The van der Waals surface area contributed by atoms with Gasteiger partial charge < -0.3 is 34.1 Å². The van der Waals surface area contributed by atoms with Crippen LogP contribution in [0.15, 0.2) is 0 Å². The van der Waals surface area contributed by atoms with E-state index >= 15 is 0 Å².